The normalized spacial score (nSPS) is 13.4. The molecule has 0 saturated heterocycles. The minimum atomic E-state index is 1.03. The largest absolute Gasteiger partial charge is 0.367 e. The number of benzene rings is 2. The van der Waals surface area contributed by atoms with E-state index in [1.165, 1.54) is 53.3 Å². The van der Waals surface area contributed by atoms with Crippen molar-refractivity contribution in [3.8, 4) is 0 Å². The summed E-state index contributed by atoms with van der Waals surface area (Å²) in [5, 5.41) is 2.71. The number of nitrogens with zero attached hydrogens (tertiary/aromatic N) is 2. The molecule has 0 unspecified atom stereocenters. The van der Waals surface area contributed by atoms with Crippen LogP contribution in [0.25, 0.3) is 21.8 Å². The topological polar surface area (TPSA) is 16.1 Å². The molecular formula is C21H24N2. The van der Waals surface area contributed by atoms with E-state index in [1.54, 1.807) is 0 Å². The lowest BCUT2D eigenvalue weighted by Crippen LogP contribution is -2.19. The van der Waals surface area contributed by atoms with E-state index < -0.39 is 0 Å². The van der Waals surface area contributed by atoms with Crippen LogP contribution in [0.5, 0.6) is 0 Å². The van der Waals surface area contributed by atoms with Gasteiger partial charge in [-0.25, -0.2) is 4.98 Å². The smallest absolute Gasteiger partial charge is 0.0734 e. The number of hydrogen-bond donors (Lipinski definition) is 0. The summed E-state index contributed by atoms with van der Waals surface area (Å²) in [6.07, 6.45) is 5.25. The van der Waals surface area contributed by atoms with Gasteiger partial charge in [-0.1, -0.05) is 43.9 Å². The monoisotopic (exact) mass is 304 g/mol. The van der Waals surface area contributed by atoms with Gasteiger partial charge in [0.05, 0.1) is 11.0 Å². The van der Waals surface area contributed by atoms with Crippen molar-refractivity contribution in [1.82, 2.24) is 4.98 Å². The molecule has 0 bridgehead atoms. The van der Waals surface area contributed by atoms with Gasteiger partial charge in [0, 0.05) is 29.5 Å². The summed E-state index contributed by atoms with van der Waals surface area (Å²) >= 11 is 0. The Hall–Kier alpha value is -2.09. The number of rotatable bonds is 5. The van der Waals surface area contributed by atoms with Crippen molar-refractivity contribution in [2.24, 2.45) is 0 Å². The molecule has 23 heavy (non-hydrogen) atoms. The number of hydrogen-bond acceptors (Lipinski definition) is 2. The van der Waals surface area contributed by atoms with Crippen LogP contribution < -0.4 is 4.90 Å². The van der Waals surface area contributed by atoms with Crippen molar-refractivity contribution in [2.75, 3.05) is 11.4 Å². The Morgan fingerprint density at radius 2 is 1.96 bits per heavy atom. The molecule has 0 aliphatic carbocycles. The molecule has 2 nitrogen and oxygen atoms in total. The second-order valence-corrected chi connectivity index (χ2v) is 6.76. The SMILES string of the molecule is CCCCCCN1Cc2c3cc(C)ccc3nc3cccc1c23. The number of aromatic nitrogens is 1. The van der Waals surface area contributed by atoms with E-state index >= 15 is 0 Å². The Labute approximate surface area is 138 Å². The van der Waals surface area contributed by atoms with Crippen molar-refractivity contribution < 1.29 is 0 Å². The van der Waals surface area contributed by atoms with Crippen LogP contribution in [-0.2, 0) is 6.54 Å². The average Bonchev–Trinajstić information content (AvgIpc) is 2.93. The van der Waals surface area contributed by atoms with Crippen molar-refractivity contribution in [3.63, 3.8) is 0 Å². The van der Waals surface area contributed by atoms with Crippen molar-refractivity contribution in [2.45, 2.75) is 46.1 Å². The Balaban J connectivity index is 1.78. The van der Waals surface area contributed by atoms with Gasteiger partial charge in [-0.15, -0.1) is 0 Å². The van der Waals surface area contributed by atoms with E-state index in [4.69, 9.17) is 4.98 Å². The zero-order valence-corrected chi connectivity index (χ0v) is 14.1. The molecule has 0 saturated carbocycles. The van der Waals surface area contributed by atoms with E-state index in [2.05, 4.69) is 55.1 Å². The van der Waals surface area contributed by atoms with Gasteiger partial charge in [0.15, 0.2) is 0 Å². The number of anilines is 1. The summed E-state index contributed by atoms with van der Waals surface area (Å²) in [4.78, 5) is 7.45. The quantitative estimate of drug-likeness (QED) is 0.451. The molecule has 2 heterocycles. The first-order valence-corrected chi connectivity index (χ1v) is 8.85. The third-order valence-electron chi connectivity index (χ3n) is 5.01. The predicted octanol–water partition coefficient (Wildman–Crippen LogP) is 5.60. The predicted molar refractivity (Wildman–Crippen MR) is 99.2 cm³/mol. The first-order valence-electron chi connectivity index (χ1n) is 8.85. The Bertz CT molecular complexity index is 866. The summed E-state index contributed by atoms with van der Waals surface area (Å²) in [6.45, 7) is 6.62. The second-order valence-electron chi connectivity index (χ2n) is 6.76. The molecule has 2 heteroatoms. The van der Waals surface area contributed by atoms with Gasteiger partial charge in [-0.3, -0.25) is 0 Å². The van der Waals surface area contributed by atoms with Crippen LogP contribution in [0.2, 0.25) is 0 Å². The number of aryl methyl sites for hydroxylation is 1. The molecule has 0 radical (unpaired) electrons. The zero-order valence-electron chi connectivity index (χ0n) is 14.1. The van der Waals surface area contributed by atoms with Crippen LogP contribution in [0.15, 0.2) is 36.4 Å². The van der Waals surface area contributed by atoms with E-state index in [-0.39, 0.29) is 0 Å². The van der Waals surface area contributed by atoms with Crippen molar-refractivity contribution in [1.29, 1.82) is 0 Å². The highest BCUT2D eigenvalue weighted by Gasteiger charge is 2.23. The lowest BCUT2D eigenvalue weighted by molar-refractivity contribution is 0.648. The maximum Gasteiger partial charge on any atom is 0.0734 e. The highest BCUT2D eigenvalue weighted by molar-refractivity contribution is 6.06. The molecule has 118 valence electrons. The van der Waals surface area contributed by atoms with Gasteiger partial charge >= 0.3 is 0 Å². The first kappa shape index (κ1) is 14.5. The molecular weight excluding hydrogens is 280 g/mol. The van der Waals surface area contributed by atoms with Gasteiger partial charge in [0.25, 0.3) is 0 Å². The third kappa shape index (κ3) is 2.46. The molecule has 4 rings (SSSR count). The lowest BCUT2D eigenvalue weighted by atomic mass is 10.0. The highest BCUT2D eigenvalue weighted by atomic mass is 15.1. The van der Waals surface area contributed by atoms with Gasteiger partial charge in [0.1, 0.15) is 0 Å². The minimum absolute atomic E-state index is 1.03. The van der Waals surface area contributed by atoms with E-state index in [9.17, 15) is 0 Å². The summed E-state index contributed by atoms with van der Waals surface area (Å²) in [5.41, 5.74) is 6.44. The number of pyridine rings is 1. The molecule has 1 aromatic heterocycles. The Morgan fingerprint density at radius 1 is 1.04 bits per heavy atom. The molecule has 0 spiro atoms. The van der Waals surface area contributed by atoms with Crippen LogP contribution in [-0.4, -0.2) is 11.5 Å². The summed E-state index contributed by atoms with van der Waals surface area (Å²) in [6, 6.07) is 13.2. The van der Waals surface area contributed by atoms with Crippen molar-refractivity contribution >= 4 is 27.5 Å². The average molecular weight is 304 g/mol. The van der Waals surface area contributed by atoms with E-state index in [0.717, 1.165) is 24.1 Å². The summed E-state index contributed by atoms with van der Waals surface area (Å²) < 4.78 is 0. The van der Waals surface area contributed by atoms with Gasteiger partial charge in [0.2, 0.25) is 0 Å². The fourth-order valence-electron chi connectivity index (χ4n) is 3.82. The van der Waals surface area contributed by atoms with Crippen LogP contribution in [0, 0.1) is 6.92 Å². The van der Waals surface area contributed by atoms with Gasteiger partial charge in [-0.05, 0) is 43.2 Å². The number of unbranched alkanes of at least 4 members (excludes halogenated alkanes) is 3. The van der Waals surface area contributed by atoms with Gasteiger partial charge < -0.3 is 4.90 Å². The van der Waals surface area contributed by atoms with E-state index in [1.807, 2.05) is 0 Å². The summed E-state index contributed by atoms with van der Waals surface area (Å²) in [5.74, 6) is 0. The molecule has 2 aromatic carbocycles. The Kier molecular flexibility index (Phi) is 3.68. The lowest BCUT2D eigenvalue weighted by Gasteiger charge is -2.19. The number of fused-ring (bicyclic) bond motifs is 2. The Morgan fingerprint density at radius 3 is 2.83 bits per heavy atom. The summed E-state index contributed by atoms with van der Waals surface area (Å²) in [7, 11) is 0. The molecule has 0 fully saturated rings. The fraction of sp³-hybridized carbons (Fsp3) is 0.381. The maximum atomic E-state index is 4.90. The van der Waals surface area contributed by atoms with Crippen LogP contribution in [0.4, 0.5) is 5.69 Å². The highest BCUT2D eigenvalue weighted by Crippen LogP contribution is 2.40. The zero-order chi connectivity index (χ0) is 15.8. The molecule has 0 amide bonds. The van der Waals surface area contributed by atoms with Crippen LogP contribution >= 0.6 is 0 Å². The fourth-order valence-corrected chi connectivity index (χ4v) is 3.82. The molecule has 0 atom stereocenters. The van der Waals surface area contributed by atoms with E-state index in [0.29, 0.717) is 0 Å². The van der Waals surface area contributed by atoms with Gasteiger partial charge in [-0.2, -0.15) is 0 Å². The molecule has 1 aliphatic rings. The molecule has 0 N–H and O–H groups in total. The second kappa shape index (κ2) is 5.84. The molecule has 1 aliphatic heterocycles. The maximum absolute atomic E-state index is 4.90. The van der Waals surface area contributed by atoms with Crippen molar-refractivity contribution in [3.05, 3.63) is 47.5 Å². The first-order chi connectivity index (χ1) is 11.3. The van der Waals surface area contributed by atoms with Crippen LogP contribution in [0.3, 0.4) is 0 Å². The van der Waals surface area contributed by atoms with Crippen LogP contribution in [0.1, 0.15) is 43.7 Å². The standard InChI is InChI=1S/C21H24N2/c1-3-4-5-6-12-23-14-17-16-13-15(2)10-11-18(16)22-19-8-7-9-20(23)21(17)19/h7-11,13H,3-6,12,14H2,1-2H3. The molecule has 3 aromatic rings. The third-order valence-corrected chi connectivity index (χ3v) is 5.01. The minimum Gasteiger partial charge on any atom is -0.367 e.